The van der Waals surface area contributed by atoms with Gasteiger partial charge in [-0.1, -0.05) is 31.4 Å². The molecule has 19 heavy (non-hydrogen) atoms. The third-order valence-electron chi connectivity index (χ3n) is 3.68. The van der Waals surface area contributed by atoms with Crippen molar-refractivity contribution in [2.45, 2.75) is 37.1 Å². The number of hydrogen-bond acceptors (Lipinski definition) is 3. The molecule has 1 aliphatic rings. The Morgan fingerprint density at radius 1 is 1.21 bits per heavy atom. The monoisotopic (exact) mass is 282 g/mol. The molecule has 0 radical (unpaired) electrons. The van der Waals surface area contributed by atoms with Gasteiger partial charge in [0.15, 0.2) is 0 Å². The average molecular weight is 282 g/mol. The van der Waals surface area contributed by atoms with Crippen LogP contribution in [0.15, 0.2) is 29.2 Å². The van der Waals surface area contributed by atoms with E-state index in [1.165, 1.54) is 19.3 Å². The first kappa shape index (κ1) is 14.5. The van der Waals surface area contributed by atoms with Crippen molar-refractivity contribution < 1.29 is 8.42 Å². The van der Waals surface area contributed by atoms with Gasteiger partial charge in [-0.25, -0.2) is 13.1 Å². The van der Waals surface area contributed by atoms with Crippen LogP contribution >= 0.6 is 0 Å². The van der Waals surface area contributed by atoms with Crippen molar-refractivity contribution in [2.24, 2.45) is 5.92 Å². The van der Waals surface area contributed by atoms with E-state index < -0.39 is 10.0 Å². The van der Waals surface area contributed by atoms with Crippen LogP contribution in [0.1, 0.15) is 31.2 Å². The average Bonchev–Trinajstić information content (AvgIpc) is 2.33. The molecule has 2 rings (SSSR count). The molecule has 2 N–H and O–H groups in total. The zero-order chi connectivity index (χ0) is 13.7. The molecule has 1 fully saturated rings. The zero-order valence-electron chi connectivity index (χ0n) is 11.4. The fraction of sp³-hybridized carbons (Fsp3) is 0.571. The fourth-order valence-corrected chi connectivity index (χ4v) is 3.30. The summed E-state index contributed by atoms with van der Waals surface area (Å²) < 4.78 is 26.8. The van der Waals surface area contributed by atoms with Gasteiger partial charge in [0.25, 0.3) is 0 Å². The topological polar surface area (TPSA) is 58.2 Å². The van der Waals surface area contributed by atoms with Crippen LogP contribution in [-0.2, 0) is 16.6 Å². The van der Waals surface area contributed by atoms with E-state index in [0.29, 0.717) is 11.4 Å². The Morgan fingerprint density at radius 3 is 2.42 bits per heavy atom. The molecule has 5 heteroatoms. The predicted molar refractivity (Wildman–Crippen MR) is 76.4 cm³/mol. The molecule has 4 nitrogen and oxygen atoms in total. The number of hydrogen-bond donors (Lipinski definition) is 2. The van der Waals surface area contributed by atoms with Crippen LogP contribution < -0.4 is 10.0 Å². The number of sulfonamides is 1. The van der Waals surface area contributed by atoms with Crippen LogP contribution in [0.25, 0.3) is 0 Å². The van der Waals surface area contributed by atoms with E-state index in [1.54, 1.807) is 12.1 Å². The van der Waals surface area contributed by atoms with Gasteiger partial charge in [-0.2, -0.15) is 0 Å². The van der Waals surface area contributed by atoms with Gasteiger partial charge in [0, 0.05) is 13.1 Å². The van der Waals surface area contributed by atoms with Gasteiger partial charge in [0.1, 0.15) is 0 Å². The quantitative estimate of drug-likeness (QED) is 0.803. The Morgan fingerprint density at radius 2 is 1.89 bits per heavy atom. The van der Waals surface area contributed by atoms with Gasteiger partial charge >= 0.3 is 0 Å². The highest BCUT2D eigenvalue weighted by atomic mass is 32.2. The molecule has 0 aliphatic heterocycles. The highest BCUT2D eigenvalue weighted by Gasteiger charge is 2.19. The molecular weight excluding hydrogens is 260 g/mol. The maximum atomic E-state index is 12.1. The first-order chi connectivity index (χ1) is 9.12. The molecule has 0 bridgehead atoms. The van der Waals surface area contributed by atoms with Crippen LogP contribution in [0, 0.1) is 5.92 Å². The second-order valence-electron chi connectivity index (χ2n) is 5.16. The van der Waals surface area contributed by atoms with E-state index in [1.807, 2.05) is 19.2 Å². The number of benzene rings is 1. The van der Waals surface area contributed by atoms with Crippen molar-refractivity contribution >= 4 is 10.0 Å². The SMILES string of the molecule is CNCc1ccc(S(=O)(=O)NCCC2CCC2)cc1. The van der Waals surface area contributed by atoms with Crippen molar-refractivity contribution in [1.29, 1.82) is 0 Å². The second-order valence-corrected chi connectivity index (χ2v) is 6.92. The van der Waals surface area contributed by atoms with Crippen molar-refractivity contribution in [2.75, 3.05) is 13.6 Å². The van der Waals surface area contributed by atoms with E-state index in [2.05, 4.69) is 10.0 Å². The zero-order valence-corrected chi connectivity index (χ0v) is 12.2. The van der Waals surface area contributed by atoms with Gasteiger partial charge < -0.3 is 5.32 Å². The number of rotatable bonds is 7. The van der Waals surface area contributed by atoms with Crippen LogP contribution in [0.2, 0.25) is 0 Å². The minimum atomic E-state index is -3.34. The summed E-state index contributed by atoms with van der Waals surface area (Å²) >= 11 is 0. The summed E-state index contributed by atoms with van der Waals surface area (Å²) in [4.78, 5) is 0.348. The molecule has 0 heterocycles. The third kappa shape index (κ3) is 4.03. The smallest absolute Gasteiger partial charge is 0.240 e. The Hall–Kier alpha value is -0.910. The Kier molecular flexibility index (Phi) is 4.96. The highest BCUT2D eigenvalue weighted by Crippen LogP contribution is 2.28. The lowest BCUT2D eigenvalue weighted by molar-refractivity contribution is 0.297. The minimum absolute atomic E-state index is 0.348. The van der Waals surface area contributed by atoms with E-state index >= 15 is 0 Å². The third-order valence-corrected chi connectivity index (χ3v) is 5.16. The van der Waals surface area contributed by atoms with Crippen LogP contribution in [0.5, 0.6) is 0 Å². The molecule has 106 valence electrons. The normalized spacial score (nSPS) is 16.3. The molecule has 1 aromatic carbocycles. The standard InChI is InChI=1S/C14H22N2O2S/c1-15-11-13-5-7-14(8-6-13)19(17,18)16-10-9-12-3-2-4-12/h5-8,12,15-16H,2-4,9-11H2,1H3. The van der Waals surface area contributed by atoms with Gasteiger partial charge in [0.2, 0.25) is 10.0 Å². The summed E-state index contributed by atoms with van der Waals surface area (Å²) in [7, 11) is -1.47. The Labute approximate surface area is 115 Å². The molecule has 1 saturated carbocycles. The first-order valence-corrected chi connectivity index (χ1v) is 8.33. The number of nitrogens with one attached hydrogen (secondary N) is 2. The van der Waals surface area contributed by atoms with Crippen molar-refractivity contribution in [3.05, 3.63) is 29.8 Å². The van der Waals surface area contributed by atoms with E-state index in [9.17, 15) is 8.42 Å². The lowest BCUT2D eigenvalue weighted by Crippen LogP contribution is -2.27. The maximum Gasteiger partial charge on any atom is 0.240 e. The highest BCUT2D eigenvalue weighted by molar-refractivity contribution is 7.89. The van der Waals surface area contributed by atoms with E-state index in [0.717, 1.165) is 24.4 Å². The summed E-state index contributed by atoms with van der Waals surface area (Å²) in [5, 5.41) is 3.04. The first-order valence-electron chi connectivity index (χ1n) is 6.85. The lowest BCUT2D eigenvalue weighted by atomic mass is 9.83. The van der Waals surface area contributed by atoms with Crippen LogP contribution in [-0.4, -0.2) is 22.0 Å². The summed E-state index contributed by atoms with van der Waals surface area (Å²) in [6.07, 6.45) is 4.75. The minimum Gasteiger partial charge on any atom is -0.316 e. The van der Waals surface area contributed by atoms with Gasteiger partial charge in [-0.15, -0.1) is 0 Å². The summed E-state index contributed by atoms with van der Waals surface area (Å²) in [6, 6.07) is 7.02. The van der Waals surface area contributed by atoms with E-state index in [4.69, 9.17) is 0 Å². The van der Waals surface area contributed by atoms with Gasteiger partial charge in [-0.3, -0.25) is 0 Å². The second kappa shape index (κ2) is 6.50. The largest absolute Gasteiger partial charge is 0.316 e. The molecule has 0 aromatic heterocycles. The maximum absolute atomic E-state index is 12.1. The molecule has 1 aromatic rings. The summed E-state index contributed by atoms with van der Waals surface area (Å²) in [5.41, 5.74) is 1.08. The van der Waals surface area contributed by atoms with Gasteiger partial charge in [-0.05, 0) is 37.1 Å². The summed E-state index contributed by atoms with van der Waals surface area (Å²) in [5.74, 6) is 0.723. The fourth-order valence-electron chi connectivity index (χ4n) is 2.25. The molecule has 0 saturated heterocycles. The Balaban J connectivity index is 1.90. The van der Waals surface area contributed by atoms with E-state index in [-0.39, 0.29) is 0 Å². The van der Waals surface area contributed by atoms with Crippen molar-refractivity contribution in [3.8, 4) is 0 Å². The molecule has 0 atom stereocenters. The Bertz CT molecular complexity index is 493. The lowest BCUT2D eigenvalue weighted by Gasteiger charge is -2.25. The molecule has 1 aliphatic carbocycles. The molecule has 0 unspecified atom stereocenters. The predicted octanol–water partition coefficient (Wildman–Crippen LogP) is 1.87. The molecule has 0 amide bonds. The molecular formula is C14H22N2O2S. The van der Waals surface area contributed by atoms with Crippen molar-refractivity contribution in [1.82, 2.24) is 10.0 Å². The van der Waals surface area contributed by atoms with Gasteiger partial charge in [0.05, 0.1) is 4.90 Å². The van der Waals surface area contributed by atoms with Crippen LogP contribution in [0.3, 0.4) is 0 Å². The van der Waals surface area contributed by atoms with Crippen LogP contribution in [0.4, 0.5) is 0 Å². The van der Waals surface area contributed by atoms with Crippen molar-refractivity contribution in [3.63, 3.8) is 0 Å². The summed E-state index contributed by atoms with van der Waals surface area (Å²) in [6.45, 7) is 1.29. The molecule has 0 spiro atoms.